The molecule has 0 aliphatic rings. The van der Waals surface area contributed by atoms with Crippen LogP contribution in [0.5, 0.6) is 0 Å². The van der Waals surface area contributed by atoms with Crippen LogP contribution in [0.2, 0.25) is 0 Å². The summed E-state index contributed by atoms with van der Waals surface area (Å²) >= 11 is 1.81. The van der Waals surface area contributed by atoms with Gasteiger partial charge in [-0.3, -0.25) is 4.40 Å². The van der Waals surface area contributed by atoms with Crippen molar-refractivity contribution in [1.29, 1.82) is 0 Å². The highest BCUT2D eigenvalue weighted by Gasteiger charge is 2.21. The Kier molecular flexibility index (Phi) is 4.93. The molecule has 0 bridgehead atoms. The molecule has 0 fully saturated rings. The summed E-state index contributed by atoms with van der Waals surface area (Å²) in [5, 5.41) is 8.12. The minimum atomic E-state index is 0.630. The van der Waals surface area contributed by atoms with Crippen molar-refractivity contribution in [2.45, 2.75) is 0 Å². The van der Waals surface area contributed by atoms with Crippen molar-refractivity contribution in [2.75, 3.05) is 0 Å². The lowest BCUT2D eigenvalue weighted by Crippen LogP contribution is -1.97. The Morgan fingerprint density at radius 1 is 0.468 bits per heavy atom. The molecule has 0 radical (unpaired) electrons. The zero-order valence-electron chi connectivity index (χ0n) is 24.8. The maximum absolute atomic E-state index is 6.28. The molecule has 0 saturated carbocycles. The largest absolute Gasteiger partial charge is 0.456 e. The first-order valence-corrected chi connectivity index (χ1v) is 16.4. The Hall–Kier alpha value is -6.11. The summed E-state index contributed by atoms with van der Waals surface area (Å²) in [6.07, 6.45) is 0. The van der Waals surface area contributed by atoms with Gasteiger partial charge in [0.1, 0.15) is 28.0 Å². The van der Waals surface area contributed by atoms with Gasteiger partial charge in [-0.05, 0) is 41.8 Å². The van der Waals surface area contributed by atoms with Crippen LogP contribution in [0, 0.1) is 0 Å². The lowest BCUT2D eigenvalue weighted by Gasteiger charge is -2.09. The van der Waals surface area contributed by atoms with Crippen LogP contribution < -0.4 is 0 Å². The third kappa shape index (κ3) is 3.50. The quantitative estimate of drug-likeness (QED) is 0.181. The van der Waals surface area contributed by atoms with E-state index in [1.54, 1.807) is 0 Å². The van der Waals surface area contributed by atoms with Gasteiger partial charge >= 0.3 is 0 Å². The number of aromatic nitrogens is 4. The van der Waals surface area contributed by atoms with Crippen LogP contribution in [-0.4, -0.2) is 19.4 Å². The van der Waals surface area contributed by atoms with E-state index in [9.17, 15) is 0 Å². The number of hydrogen-bond acceptors (Lipinski definition) is 5. The summed E-state index contributed by atoms with van der Waals surface area (Å²) in [5.74, 6) is 0.630. The van der Waals surface area contributed by atoms with Crippen molar-refractivity contribution in [3.63, 3.8) is 0 Å². The molecule has 0 unspecified atom stereocenters. The molecular formula is C41H22N4OS. The fourth-order valence-electron chi connectivity index (χ4n) is 7.24. The molecule has 47 heavy (non-hydrogen) atoms. The van der Waals surface area contributed by atoms with Crippen LogP contribution in [0.1, 0.15) is 0 Å². The monoisotopic (exact) mass is 618 g/mol. The summed E-state index contributed by atoms with van der Waals surface area (Å²) in [5.41, 5.74) is 7.89. The lowest BCUT2D eigenvalue weighted by atomic mass is 10.1. The Morgan fingerprint density at radius 3 is 2.06 bits per heavy atom. The second-order valence-corrected chi connectivity index (χ2v) is 13.1. The van der Waals surface area contributed by atoms with Crippen LogP contribution in [0.4, 0.5) is 0 Å². The first-order valence-electron chi connectivity index (χ1n) is 15.6. The Morgan fingerprint density at radius 2 is 1.15 bits per heavy atom. The summed E-state index contributed by atoms with van der Waals surface area (Å²) in [6.45, 7) is 0. The van der Waals surface area contributed by atoms with Crippen molar-refractivity contribution in [3.8, 4) is 22.6 Å². The molecule has 0 aliphatic carbocycles. The number of furan rings is 1. The average molecular weight is 619 g/mol. The fraction of sp³-hybridized carbons (Fsp3) is 0. The first-order chi connectivity index (χ1) is 23.3. The van der Waals surface area contributed by atoms with E-state index in [1.807, 2.05) is 29.5 Å². The van der Waals surface area contributed by atoms with Gasteiger partial charge in [-0.1, -0.05) is 97.1 Å². The van der Waals surface area contributed by atoms with E-state index in [0.717, 1.165) is 71.9 Å². The van der Waals surface area contributed by atoms with E-state index in [1.165, 1.54) is 25.6 Å². The summed E-state index contributed by atoms with van der Waals surface area (Å²) < 4.78 is 11.0. The number of hydrogen-bond donors (Lipinski definition) is 0. The van der Waals surface area contributed by atoms with Crippen LogP contribution in [0.15, 0.2) is 138 Å². The molecule has 0 amide bonds. The van der Waals surface area contributed by atoms with Crippen molar-refractivity contribution < 1.29 is 4.42 Å². The van der Waals surface area contributed by atoms with Crippen LogP contribution in [-0.2, 0) is 0 Å². The Bertz CT molecular complexity index is 3090. The normalized spacial score (nSPS) is 12.3. The molecule has 11 rings (SSSR count). The molecule has 5 aromatic heterocycles. The predicted octanol–water partition coefficient (Wildman–Crippen LogP) is 11.2. The number of pyridine rings is 1. The maximum atomic E-state index is 6.28. The molecule has 0 spiro atoms. The summed E-state index contributed by atoms with van der Waals surface area (Å²) in [6, 6.07) is 46.7. The zero-order valence-corrected chi connectivity index (χ0v) is 25.6. The molecule has 218 valence electrons. The van der Waals surface area contributed by atoms with Crippen molar-refractivity contribution >= 4 is 91.9 Å². The zero-order chi connectivity index (χ0) is 30.6. The van der Waals surface area contributed by atoms with Gasteiger partial charge in [0.25, 0.3) is 0 Å². The van der Waals surface area contributed by atoms with Gasteiger partial charge in [0.15, 0.2) is 11.5 Å². The minimum Gasteiger partial charge on any atom is -0.456 e. The Balaban J connectivity index is 1.26. The summed E-state index contributed by atoms with van der Waals surface area (Å²) in [4.78, 5) is 15.9. The number of nitrogens with zero attached hydrogens (tertiary/aromatic N) is 4. The van der Waals surface area contributed by atoms with Crippen LogP contribution >= 0.6 is 11.3 Å². The predicted molar refractivity (Wildman–Crippen MR) is 194 cm³/mol. The third-order valence-electron chi connectivity index (χ3n) is 9.40. The van der Waals surface area contributed by atoms with Crippen molar-refractivity contribution in [1.82, 2.24) is 19.4 Å². The maximum Gasteiger partial charge on any atom is 0.169 e. The van der Waals surface area contributed by atoms with E-state index < -0.39 is 0 Å². The highest BCUT2D eigenvalue weighted by atomic mass is 32.1. The molecule has 5 heterocycles. The molecular weight excluding hydrogens is 597 g/mol. The van der Waals surface area contributed by atoms with Crippen molar-refractivity contribution in [2.24, 2.45) is 0 Å². The first kappa shape index (κ1) is 25.1. The number of thiophene rings is 1. The van der Waals surface area contributed by atoms with E-state index >= 15 is 0 Å². The molecule has 0 N–H and O–H groups in total. The number of para-hydroxylation sites is 2. The van der Waals surface area contributed by atoms with Gasteiger partial charge in [0.05, 0.1) is 5.52 Å². The highest BCUT2D eigenvalue weighted by Crippen LogP contribution is 2.40. The summed E-state index contributed by atoms with van der Waals surface area (Å²) in [7, 11) is 0. The molecule has 0 saturated heterocycles. The van der Waals surface area contributed by atoms with Gasteiger partial charge in [-0.15, -0.1) is 11.3 Å². The standard InChI is InChI=1S/C41H22N4OS/c1-2-13-31-25(9-1)26-10-3-6-14-32(26)45-40(31)43-38-37(23-17-20-30-29-12-5-8-16-35(29)47-36(30)22-23)42-39(44-41(38)45)24-18-19-28-27-11-4-7-15-33(27)46-34(28)21-24/h1-22H. The molecule has 0 atom stereocenters. The Labute approximate surface area is 271 Å². The van der Waals surface area contributed by atoms with E-state index in [0.29, 0.717) is 5.82 Å². The number of fused-ring (bicyclic) bond motifs is 14. The average Bonchev–Trinajstić information content (AvgIpc) is 3.82. The topological polar surface area (TPSA) is 56.2 Å². The van der Waals surface area contributed by atoms with Gasteiger partial charge in [-0.2, -0.15) is 0 Å². The fourth-order valence-corrected chi connectivity index (χ4v) is 8.39. The second-order valence-electron chi connectivity index (χ2n) is 12.0. The minimum absolute atomic E-state index is 0.630. The molecule has 6 heteroatoms. The van der Waals surface area contributed by atoms with Gasteiger partial charge < -0.3 is 4.42 Å². The number of imidazole rings is 1. The third-order valence-corrected chi connectivity index (χ3v) is 10.5. The molecule has 5 nitrogen and oxygen atoms in total. The van der Waals surface area contributed by atoms with Gasteiger partial charge in [0.2, 0.25) is 0 Å². The van der Waals surface area contributed by atoms with Gasteiger partial charge in [-0.25, -0.2) is 15.0 Å². The smallest absolute Gasteiger partial charge is 0.169 e. The number of rotatable bonds is 2. The van der Waals surface area contributed by atoms with Gasteiger partial charge in [0, 0.05) is 52.8 Å². The van der Waals surface area contributed by atoms with Crippen molar-refractivity contribution in [3.05, 3.63) is 133 Å². The molecule has 11 aromatic rings. The van der Waals surface area contributed by atoms with Crippen LogP contribution in [0.25, 0.3) is 103 Å². The lowest BCUT2D eigenvalue weighted by molar-refractivity contribution is 0.669. The van der Waals surface area contributed by atoms with E-state index in [2.05, 4.69) is 120 Å². The van der Waals surface area contributed by atoms with E-state index in [4.69, 9.17) is 19.4 Å². The SMILES string of the molecule is c1ccc2c(c1)oc1cc(-c3nc(-c4ccc5c(c4)sc4ccccc45)c4nc5c6ccccc6c6ccccc6n5c4n3)ccc12. The molecule has 6 aromatic carbocycles. The van der Waals surface area contributed by atoms with Crippen LogP contribution in [0.3, 0.4) is 0 Å². The van der Waals surface area contributed by atoms with E-state index in [-0.39, 0.29) is 0 Å². The molecule has 0 aliphatic heterocycles. The highest BCUT2D eigenvalue weighted by molar-refractivity contribution is 7.25. The second kappa shape index (κ2) is 9.22. The number of benzene rings is 6.